The highest BCUT2D eigenvalue weighted by molar-refractivity contribution is 9.10. The molecule has 1 aromatic rings. The van der Waals surface area contributed by atoms with E-state index >= 15 is 0 Å². The molecule has 4 nitrogen and oxygen atoms in total. The van der Waals surface area contributed by atoms with Crippen LogP contribution in [0.4, 0.5) is 10.1 Å². The maximum absolute atomic E-state index is 12.9. The van der Waals surface area contributed by atoms with Gasteiger partial charge >= 0.3 is 0 Å². The quantitative estimate of drug-likeness (QED) is 0.599. The summed E-state index contributed by atoms with van der Waals surface area (Å²) in [6, 6.07) is 1.77. The number of anilines is 1. The second kappa shape index (κ2) is 4.56. The molecule has 0 aliphatic carbocycles. The largest absolute Gasteiger partial charge is 0.396 e. The third-order valence-corrected chi connectivity index (χ3v) is 2.74. The van der Waals surface area contributed by atoms with Crippen LogP contribution in [0.25, 0.3) is 0 Å². The Morgan fingerprint density at radius 3 is 2.29 bits per heavy atom. The molecule has 0 aliphatic rings. The van der Waals surface area contributed by atoms with Crippen LogP contribution in [0.2, 0.25) is 0 Å². The molecule has 0 spiro atoms. The summed E-state index contributed by atoms with van der Waals surface area (Å²) in [5, 5.41) is 0. The average molecular weight is 351 g/mol. The molecular weight excluding hydrogens is 345 g/mol. The van der Waals surface area contributed by atoms with Gasteiger partial charge in [0, 0.05) is 0 Å². The fourth-order valence-electron chi connectivity index (χ4n) is 0.733. The van der Waals surface area contributed by atoms with Gasteiger partial charge in [0.25, 0.3) is 10.1 Å². The number of nitrogens with two attached hydrogens (primary N) is 1. The summed E-state index contributed by atoms with van der Waals surface area (Å²) >= 11 is 2.76. The molecule has 0 aromatic heterocycles. The van der Waals surface area contributed by atoms with Gasteiger partial charge in [-0.3, -0.25) is 4.55 Å². The molecule has 0 radical (unpaired) electrons. The van der Waals surface area contributed by atoms with Crippen molar-refractivity contribution in [2.24, 2.45) is 0 Å². The Kier molecular flexibility index (Phi) is 4.50. The molecule has 0 saturated heterocycles. The van der Waals surface area contributed by atoms with Gasteiger partial charge in [-0.15, -0.1) is 17.0 Å². The molecule has 0 bridgehead atoms. The zero-order valence-corrected chi connectivity index (χ0v) is 10.7. The Morgan fingerprint density at radius 2 is 1.93 bits per heavy atom. The summed E-state index contributed by atoms with van der Waals surface area (Å²) < 4.78 is 42.6. The van der Waals surface area contributed by atoms with E-state index in [1.165, 1.54) is 0 Å². The molecule has 0 amide bonds. The van der Waals surface area contributed by atoms with Crippen molar-refractivity contribution in [3.63, 3.8) is 0 Å². The molecule has 80 valence electrons. The monoisotopic (exact) mass is 349 g/mol. The van der Waals surface area contributed by atoms with Crippen molar-refractivity contribution in [3.05, 3.63) is 22.4 Å². The lowest BCUT2D eigenvalue weighted by atomic mass is 10.3. The first kappa shape index (κ1) is 13.8. The van der Waals surface area contributed by atoms with Crippen LogP contribution in [0.15, 0.2) is 21.5 Å². The molecule has 1 rings (SSSR count). The predicted octanol–water partition coefficient (Wildman–Crippen LogP) is 2.00. The number of hydrogen-bond acceptors (Lipinski definition) is 3. The van der Waals surface area contributed by atoms with Crippen molar-refractivity contribution in [1.29, 1.82) is 0 Å². The minimum Gasteiger partial charge on any atom is -0.396 e. The second-order valence-electron chi connectivity index (χ2n) is 2.28. The fraction of sp³-hybridized carbons (Fsp3) is 0. The summed E-state index contributed by atoms with van der Waals surface area (Å²) in [4.78, 5) is -0.446. The molecular formula is C6H6Br2FNO3S. The van der Waals surface area contributed by atoms with E-state index in [1.807, 2.05) is 0 Å². The highest BCUT2D eigenvalue weighted by Crippen LogP contribution is 2.25. The number of rotatable bonds is 1. The van der Waals surface area contributed by atoms with Gasteiger partial charge in [-0.25, -0.2) is 4.39 Å². The van der Waals surface area contributed by atoms with Gasteiger partial charge in [-0.2, -0.15) is 8.42 Å². The van der Waals surface area contributed by atoms with Crippen molar-refractivity contribution in [2.45, 2.75) is 4.90 Å². The molecule has 0 aliphatic heterocycles. The number of benzene rings is 1. The summed E-state index contributed by atoms with van der Waals surface area (Å²) in [7, 11) is -4.34. The van der Waals surface area contributed by atoms with E-state index in [1.54, 1.807) is 0 Å². The zero-order valence-electron chi connectivity index (χ0n) is 6.57. The number of halogens is 3. The Hall–Kier alpha value is -0.180. The van der Waals surface area contributed by atoms with Crippen LogP contribution in [0.1, 0.15) is 0 Å². The van der Waals surface area contributed by atoms with E-state index < -0.39 is 20.8 Å². The minimum absolute atomic E-state index is 0. The van der Waals surface area contributed by atoms with Gasteiger partial charge < -0.3 is 5.73 Å². The van der Waals surface area contributed by atoms with Crippen LogP contribution in [0.3, 0.4) is 0 Å². The van der Waals surface area contributed by atoms with Crippen LogP contribution < -0.4 is 5.73 Å². The van der Waals surface area contributed by atoms with Crippen LogP contribution in [-0.2, 0) is 10.1 Å². The van der Waals surface area contributed by atoms with Crippen molar-refractivity contribution in [2.75, 3.05) is 5.73 Å². The SMILES string of the molecule is Br.Nc1cc(S(=O)(=O)O)cc(Br)c1F. The van der Waals surface area contributed by atoms with E-state index in [2.05, 4.69) is 15.9 Å². The second-order valence-corrected chi connectivity index (χ2v) is 4.56. The molecule has 1 aromatic carbocycles. The first-order valence-electron chi connectivity index (χ1n) is 3.04. The van der Waals surface area contributed by atoms with Crippen molar-refractivity contribution in [3.8, 4) is 0 Å². The Labute approximate surface area is 98.9 Å². The van der Waals surface area contributed by atoms with Crippen LogP contribution in [0, 0.1) is 5.82 Å². The average Bonchev–Trinajstić information content (AvgIpc) is 1.97. The van der Waals surface area contributed by atoms with Crippen molar-refractivity contribution in [1.82, 2.24) is 0 Å². The molecule has 0 fully saturated rings. The molecule has 8 heteroatoms. The number of hydrogen-bond donors (Lipinski definition) is 2. The van der Waals surface area contributed by atoms with E-state index in [4.69, 9.17) is 10.3 Å². The maximum Gasteiger partial charge on any atom is 0.294 e. The van der Waals surface area contributed by atoms with Gasteiger partial charge in [0.1, 0.15) is 0 Å². The predicted molar refractivity (Wildman–Crippen MR) is 58.6 cm³/mol. The van der Waals surface area contributed by atoms with E-state index in [-0.39, 0.29) is 27.1 Å². The fourth-order valence-corrected chi connectivity index (χ4v) is 1.90. The number of nitrogen functional groups attached to an aromatic ring is 1. The van der Waals surface area contributed by atoms with Crippen LogP contribution >= 0.6 is 32.9 Å². The van der Waals surface area contributed by atoms with Gasteiger partial charge in [0.05, 0.1) is 15.1 Å². The van der Waals surface area contributed by atoms with Crippen molar-refractivity contribution >= 4 is 48.7 Å². The van der Waals surface area contributed by atoms with E-state index in [0.29, 0.717) is 0 Å². The molecule has 0 heterocycles. The topological polar surface area (TPSA) is 80.4 Å². The highest BCUT2D eigenvalue weighted by atomic mass is 79.9. The van der Waals surface area contributed by atoms with Gasteiger partial charge in [0.2, 0.25) is 0 Å². The van der Waals surface area contributed by atoms with Gasteiger partial charge in [-0.1, -0.05) is 0 Å². The molecule has 3 N–H and O–H groups in total. The first-order chi connectivity index (χ1) is 5.82. The Balaban J connectivity index is 0.00000169. The smallest absolute Gasteiger partial charge is 0.294 e. The van der Waals surface area contributed by atoms with Crippen molar-refractivity contribution < 1.29 is 17.4 Å². The molecule has 14 heavy (non-hydrogen) atoms. The zero-order chi connectivity index (χ0) is 10.2. The first-order valence-corrected chi connectivity index (χ1v) is 5.27. The van der Waals surface area contributed by atoms with Gasteiger partial charge in [-0.05, 0) is 28.1 Å². The van der Waals surface area contributed by atoms with E-state index in [9.17, 15) is 12.8 Å². The maximum atomic E-state index is 12.9. The summed E-state index contributed by atoms with van der Waals surface area (Å²) in [6.07, 6.45) is 0. The normalized spacial score (nSPS) is 10.8. The van der Waals surface area contributed by atoms with Crippen LogP contribution in [-0.4, -0.2) is 13.0 Å². The lowest BCUT2D eigenvalue weighted by molar-refractivity contribution is 0.483. The standard InChI is InChI=1S/C6H5BrFNO3S.BrH/c7-4-1-3(13(10,11)12)2-5(9)6(4)8;/h1-2H,9H2,(H,10,11,12);1H. The molecule has 0 atom stereocenters. The third kappa shape index (κ3) is 2.91. The van der Waals surface area contributed by atoms with Gasteiger partial charge in [0.15, 0.2) is 5.82 Å². The molecule has 0 unspecified atom stereocenters. The minimum atomic E-state index is -4.34. The Bertz CT molecular complexity index is 425. The summed E-state index contributed by atoms with van der Waals surface area (Å²) in [5.74, 6) is -0.757. The summed E-state index contributed by atoms with van der Waals surface area (Å²) in [5.41, 5.74) is 4.79. The summed E-state index contributed by atoms with van der Waals surface area (Å²) in [6.45, 7) is 0. The third-order valence-electron chi connectivity index (χ3n) is 1.33. The molecule has 0 saturated carbocycles. The lowest BCUT2D eigenvalue weighted by Crippen LogP contribution is -2.01. The Morgan fingerprint density at radius 1 is 1.43 bits per heavy atom. The highest BCUT2D eigenvalue weighted by Gasteiger charge is 2.14. The van der Waals surface area contributed by atoms with E-state index in [0.717, 1.165) is 12.1 Å². The van der Waals surface area contributed by atoms with Crippen LogP contribution in [0.5, 0.6) is 0 Å². The lowest BCUT2D eigenvalue weighted by Gasteiger charge is -2.02.